The summed E-state index contributed by atoms with van der Waals surface area (Å²) in [6.45, 7) is 2.17. The molecule has 0 unspecified atom stereocenters. The van der Waals surface area contributed by atoms with Crippen LogP contribution in [0.1, 0.15) is 22.1 Å². The summed E-state index contributed by atoms with van der Waals surface area (Å²) < 4.78 is 4.94. The molecule has 19 heavy (non-hydrogen) atoms. The van der Waals surface area contributed by atoms with E-state index >= 15 is 0 Å². The number of aromatic nitrogens is 2. The number of carbonyl (C=O) groups excluding carboxylic acids is 1. The molecule has 3 N–H and O–H groups in total. The Morgan fingerprint density at radius 2 is 2.16 bits per heavy atom. The van der Waals surface area contributed by atoms with Crippen molar-refractivity contribution in [3.63, 3.8) is 0 Å². The zero-order valence-corrected chi connectivity index (χ0v) is 11.2. The molecule has 0 saturated carbocycles. The summed E-state index contributed by atoms with van der Waals surface area (Å²) in [5.41, 5.74) is 6.64. The Morgan fingerprint density at radius 3 is 2.79 bits per heavy atom. The van der Waals surface area contributed by atoms with Crippen molar-refractivity contribution >= 4 is 24.0 Å². The molecule has 2 rings (SSSR count). The number of nitrogens with two attached hydrogens (primary N) is 1. The second-order valence-corrected chi connectivity index (χ2v) is 3.83. The first-order valence-electron chi connectivity index (χ1n) is 5.58. The Labute approximate surface area is 116 Å². The highest BCUT2D eigenvalue weighted by molar-refractivity contribution is 5.99. The highest BCUT2D eigenvalue weighted by Crippen LogP contribution is 2.09. The maximum Gasteiger partial charge on any atom is 0.253 e. The van der Waals surface area contributed by atoms with E-state index in [-0.39, 0.29) is 18.3 Å². The van der Waals surface area contributed by atoms with Gasteiger partial charge in [0.1, 0.15) is 0 Å². The SMILES string of the molecule is Cc1noc(CCNC(=O)c2ccccc2N)n1.Cl. The van der Waals surface area contributed by atoms with E-state index in [2.05, 4.69) is 15.5 Å². The third kappa shape index (κ3) is 3.96. The maximum atomic E-state index is 11.8. The zero-order valence-electron chi connectivity index (χ0n) is 10.4. The van der Waals surface area contributed by atoms with Gasteiger partial charge in [-0.2, -0.15) is 4.98 Å². The molecule has 0 aliphatic carbocycles. The van der Waals surface area contributed by atoms with Crippen LogP contribution in [0.3, 0.4) is 0 Å². The number of nitrogen functional groups attached to an aromatic ring is 1. The van der Waals surface area contributed by atoms with Gasteiger partial charge in [0, 0.05) is 18.7 Å². The van der Waals surface area contributed by atoms with Crippen LogP contribution in [0, 0.1) is 6.92 Å². The molecule has 0 atom stereocenters. The van der Waals surface area contributed by atoms with Gasteiger partial charge in [0.05, 0.1) is 5.56 Å². The highest BCUT2D eigenvalue weighted by Gasteiger charge is 2.09. The number of anilines is 1. The number of hydrogen-bond donors (Lipinski definition) is 2. The predicted octanol–water partition coefficient (Wildman–Crippen LogP) is 1.35. The number of amides is 1. The van der Waals surface area contributed by atoms with Crippen molar-refractivity contribution < 1.29 is 9.32 Å². The average Bonchev–Trinajstić information content (AvgIpc) is 2.75. The Bertz CT molecular complexity index is 556. The van der Waals surface area contributed by atoms with E-state index in [4.69, 9.17) is 10.3 Å². The number of rotatable bonds is 4. The Kier molecular flexibility index (Phi) is 5.32. The summed E-state index contributed by atoms with van der Waals surface area (Å²) in [5, 5.41) is 6.42. The molecule has 1 heterocycles. The fourth-order valence-corrected chi connectivity index (χ4v) is 1.52. The van der Waals surface area contributed by atoms with Gasteiger partial charge in [0.15, 0.2) is 5.82 Å². The number of nitrogens with zero attached hydrogens (tertiary/aromatic N) is 2. The molecule has 0 aliphatic rings. The molecule has 7 heteroatoms. The lowest BCUT2D eigenvalue weighted by Gasteiger charge is -2.05. The molecule has 0 radical (unpaired) electrons. The quantitative estimate of drug-likeness (QED) is 0.826. The lowest BCUT2D eigenvalue weighted by atomic mass is 10.1. The van der Waals surface area contributed by atoms with Crippen molar-refractivity contribution in [1.29, 1.82) is 0 Å². The molecule has 0 saturated heterocycles. The predicted molar refractivity (Wildman–Crippen MR) is 73.2 cm³/mol. The fraction of sp³-hybridized carbons (Fsp3) is 0.250. The summed E-state index contributed by atoms with van der Waals surface area (Å²) >= 11 is 0. The lowest BCUT2D eigenvalue weighted by molar-refractivity contribution is 0.0954. The molecule has 102 valence electrons. The van der Waals surface area contributed by atoms with E-state index < -0.39 is 0 Å². The van der Waals surface area contributed by atoms with Crippen LogP contribution in [0.15, 0.2) is 28.8 Å². The van der Waals surface area contributed by atoms with Gasteiger partial charge in [-0.05, 0) is 19.1 Å². The van der Waals surface area contributed by atoms with Crippen molar-refractivity contribution in [2.24, 2.45) is 0 Å². The second kappa shape index (κ2) is 6.75. The van der Waals surface area contributed by atoms with Gasteiger partial charge < -0.3 is 15.6 Å². The molecular formula is C12H15ClN4O2. The van der Waals surface area contributed by atoms with E-state index in [0.29, 0.717) is 35.9 Å². The Balaban J connectivity index is 0.00000180. The van der Waals surface area contributed by atoms with E-state index in [0.717, 1.165) is 0 Å². The van der Waals surface area contributed by atoms with Crippen LogP contribution in [0.4, 0.5) is 5.69 Å². The first kappa shape index (κ1) is 15.0. The van der Waals surface area contributed by atoms with Crippen molar-refractivity contribution in [3.8, 4) is 0 Å². The molecule has 1 aromatic heterocycles. The lowest BCUT2D eigenvalue weighted by Crippen LogP contribution is -2.26. The smallest absolute Gasteiger partial charge is 0.253 e. The molecule has 0 aliphatic heterocycles. The monoisotopic (exact) mass is 282 g/mol. The summed E-state index contributed by atoms with van der Waals surface area (Å²) in [4.78, 5) is 15.8. The molecule has 0 bridgehead atoms. The van der Waals surface area contributed by atoms with Crippen molar-refractivity contribution in [1.82, 2.24) is 15.5 Å². The summed E-state index contributed by atoms with van der Waals surface area (Å²) in [5.74, 6) is 0.891. The van der Waals surface area contributed by atoms with Gasteiger partial charge >= 0.3 is 0 Å². The summed E-state index contributed by atoms with van der Waals surface area (Å²) in [6, 6.07) is 6.93. The summed E-state index contributed by atoms with van der Waals surface area (Å²) in [6.07, 6.45) is 0.499. The van der Waals surface area contributed by atoms with E-state index in [1.165, 1.54) is 0 Å². The normalized spacial score (nSPS) is 9.74. The van der Waals surface area contributed by atoms with Crippen LogP contribution in [0.2, 0.25) is 0 Å². The minimum atomic E-state index is -0.204. The molecular weight excluding hydrogens is 268 g/mol. The van der Waals surface area contributed by atoms with Crippen LogP contribution in [0.25, 0.3) is 0 Å². The van der Waals surface area contributed by atoms with Crippen molar-refractivity contribution in [2.75, 3.05) is 12.3 Å². The number of carbonyl (C=O) groups is 1. The summed E-state index contributed by atoms with van der Waals surface area (Å²) in [7, 11) is 0. The number of halogens is 1. The van der Waals surface area contributed by atoms with Gasteiger partial charge in [-0.25, -0.2) is 0 Å². The van der Waals surface area contributed by atoms with E-state index in [1.54, 1.807) is 31.2 Å². The third-order valence-corrected chi connectivity index (χ3v) is 2.40. The van der Waals surface area contributed by atoms with Gasteiger partial charge in [0.25, 0.3) is 5.91 Å². The van der Waals surface area contributed by atoms with Gasteiger partial charge in [-0.3, -0.25) is 4.79 Å². The van der Waals surface area contributed by atoms with E-state index in [9.17, 15) is 4.79 Å². The van der Waals surface area contributed by atoms with Gasteiger partial charge in [-0.15, -0.1) is 12.4 Å². The van der Waals surface area contributed by atoms with Gasteiger partial charge in [0.2, 0.25) is 5.89 Å². The molecule has 2 aromatic rings. The number of nitrogens with one attached hydrogen (secondary N) is 1. The number of benzene rings is 1. The zero-order chi connectivity index (χ0) is 13.0. The Hall–Kier alpha value is -2.08. The molecule has 0 spiro atoms. The largest absolute Gasteiger partial charge is 0.398 e. The number of hydrogen-bond acceptors (Lipinski definition) is 5. The number of para-hydroxylation sites is 1. The first-order valence-corrected chi connectivity index (χ1v) is 5.58. The first-order chi connectivity index (χ1) is 8.66. The van der Waals surface area contributed by atoms with Gasteiger partial charge in [-0.1, -0.05) is 17.3 Å². The van der Waals surface area contributed by atoms with Crippen LogP contribution in [-0.4, -0.2) is 22.6 Å². The minimum Gasteiger partial charge on any atom is -0.398 e. The van der Waals surface area contributed by atoms with E-state index in [1.807, 2.05) is 0 Å². The topological polar surface area (TPSA) is 94.0 Å². The average molecular weight is 283 g/mol. The van der Waals surface area contributed by atoms with Crippen LogP contribution in [-0.2, 0) is 6.42 Å². The second-order valence-electron chi connectivity index (χ2n) is 3.83. The van der Waals surface area contributed by atoms with Crippen LogP contribution >= 0.6 is 12.4 Å². The standard InChI is InChI=1S/C12H14N4O2.ClH/c1-8-15-11(18-16-8)6-7-14-12(17)9-4-2-3-5-10(9)13;/h2-5H,6-7,13H2,1H3,(H,14,17);1H. The maximum absolute atomic E-state index is 11.8. The van der Waals surface area contributed by atoms with Crippen molar-refractivity contribution in [3.05, 3.63) is 41.5 Å². The molecule has 6 nitrogen and oxygen atoms in total. The van der Waals surface area contributed by atoms with Crippen LogP contribution in [0.5, 0.6) is 0 Å². The van der Waals surface area contributed by atoms with Crippen LogP contribution < -0.4 is 11.1 Å². The molecule has 1 amide bonds. The third-order valence-electron chi connectivity index (χ3n) is 2.40. The minimum absolute atomic E-state index is 0. The fourth-order valence-electron chi connectivity index (χ4n) is 1.52. The van der Waals surface area contributed by atoms with Crippen molar-refractivity contribution in [2.45, 2.75) is 13.3 Å². The molecule has 0 fully saturated rings. The Morgan fingerprint density at radius 1 is 1.42 bits per heavy atom. The molecule has 1 aromatic carbocycles. The number of aryl methyl sites for hydroxylation is 1. The highest BCUT2D eigenvalue weighted by atomic mass is 35.5.